The molecular formula is C11H14N2O2S. The van der Waals surface area contributed by atoms with Crippen molar-refractivity contribution in [2.24, 2.45) is 11.7 Å². The molecule has 86 valence electrons. The molecule has 1 saturated heterocycles. The Labute approximate surface area is 99.8 Å². The van der Waals surface area contributed by atoms with Crippen molar-refractivity contribution in [2.45, 2.75) is 6.42 Å². The summed E-state index contributed by atoms with van der Waals surface area (Å²) in [6.45, 7) is 2.27. The molecule has 16 heavy (non-hydrogen) atoms. The lowest BCUT2D eigenvalue weighted by Crippen LogP contribution is -2.13. The van der Waals surface area contributed by atoms with Gasteiger partial charge >= 0.3 is 0 Å². The van der Waals surface area contributed by atoms with Gasteiger partial charge in [-0.15, -0.1) is 0 Å². The van der Waals surface area contributed by atoms with Gasteiger partial charge in [-0.3, -0.25) is 0 Å². The van der Waals surface area contributed by atoms with Crippen LogP contribution in [0.15, 0.2) is 18.3 Å². The normalized spacial score (nSPS) is 19.6. The Hall–Kier alpha value is -1.20. The Morgan fingerprint density at radius 1 is 1.62 bits per heavy atom. The number of nitrogens with zero attached hydrogens (tertiary/aromatic N) is 1. The van der Waals surface area contributed by atoms with Crippen LogP contribution in [-0.4, -0.2) is 29.8 Å². The molecule has 1 unspecified atom stereocenters. The van der Waals surface area contributed by atoms with Gasteiger partial charge in [0.25, 0.3) is 0 Å². The van der Waals surface area contributed by atoms with E-state index < -0.39 is 0 Å². The molecule has 0 spiro atoms. The van der Waals surface area contributed by atoms with Gasteiger partial charge in [0.05, 0.1) is 13.2 Å². The molecule has 0 radical (unpaired) electrons. The third-order valence-corrected chi connectivity index (χ3v) is 2.75. The summed E-state index contributed by atoms with van der Waals surface area (Å²) in [5.74, 6) is 1.09. The maximum Gasteiger partial charge on any atom is 0.213 e. The molecule has 0 aliphatic carbocycles. The molecule has 0 saturated carbocycles. The van der Waals surface area contributed by atoms with Crippen molar-refractivity contribution < 1.29 is 9.47 Å². The number of pyridine rings is 1. The van der Waals surface area contributed by atoms with Crippen LogP contribution in [0.1, 0.15) is 12.0 Å². The van der Waals surface area contributed by atoms with Crippen LogP contribution in [0.25, 0.3) is 0 Å². The van der Waals surface area contributed by atoms with Crippen LogP contribution in [0.2, 0.25) is 0 Å². The highest BCUT2D eigenvalue weighted by Gasteiger charge is 2.16. The number of ether oxygens (including phenoxy) is 2. The summed E-state index contributed by atoms with van der Waals surface area (Å²) in [6.07, 6.45) is 2.69. The number of rotatable bonds is 4. The third-order valence-electron chi connectivity index (χ3n) is 2.51. The fourth-order valence-corrected chi connectivity index (χ4v) is 1.65. The Morgan fingerprint density at radius 3 is 3.06 bits per heavy atom. The van der Waals surface area contributed by atoms with Gasteiger partial charge in [-0.1, -0.05) is 12.2 Å². The first-order chi connectivity index (χ1) is 7.75. The fraction of sp³-hybridized carbons (Fsp3) is 0.455. The molecule has 0 aromatic carbocycles. The van der Waals surface area contributed by atoms with Crippen molar-refractivity contribution in [3.63, 3.8) is 0 Å². The van der Waals surface area contributed by atoms with Gasteiger partial charge in [-0.2, -0.15) is 0 Å². The standard InChI is InChI=1S/C11H14N2O2S/c12-11(16)9-1-2-10(13-5-9)15-7-8-3-4-14-6-8/h1-2,5,8H,3-4,6-7H2,(H2,12,16). The van der Waals surface area contributed by atoms with E-state index in [-0.39, 0.29) is 0 Å². The van der Waals surface area contributed by atoms with E-state index in [0.29, 0.717) is 23.4 Å². The predicted molar refractivity (Wildman–Crippen MR) is 64.5 cm³/mol. The number of hydrogen-bond donors (Lipinski definition) is 1. The highest BCUT2D eigenvalue weighted by Crippen LogP contribution is 2.14. The van der Waals surface area contributed by atoms with Gasteiger partial charge in [0.15, 0.2) is 0 Å². The lowest BCUT2D eigenvalue weighted by Gasteiger charge is -2.09. The van der Waals surface area contributed by atoms with Crippen molar-refractivity contribution in [3.05, 3.63) is 23.9 Å². The zero-order valence-corrected chi connectivity index (χ0v) is 9.70. The smallest absolute Gasteiger partial charge is 0.213 e. The molecule has 5 heteroatoms. The second-order valence-corrected chi connectivity index (χ2v) is 4.23. The lowest BCUT2D eigenvalue weighted by molar-refractivity contribution is 0.165. The average molecular weight is 238 g/mol. The van der Waals surface area contributed by atoms with Gasteiger partial charge < -0.3 is 15.2 Å². The minimum atomic E-state index is 0.350. The Kier molecular flexibility index (Phi) is 3.69. The Bertz CT molecular complexity index is 361. The zero-order chi connectivity index (χ0) is 11.4. The zero-order valence-electron chi connectivity index (χ0n) is 8.89. The monoisotopic (exact) mass is 238 g/mol. The predicted octanol–water partition coefficient (Wildman–Crippen LogP) is 1.13. The molecule has 1 aliphatic heterocycles. The number of nitrogens with two attached hydrogens (primary N) is 1. The van der Waals surface area contributed by atoms with Crippen molar-refractivity contribution in [1.29, 1.82) is 0 Å². The second-order valence-electron chi connectivity index (χ2n) is 3.79. The summed E-state index contributed by atoms with van der Waals surface area (Å²) in [7, 11) is 0. The SMILES string of the molecule is NC(=S)c1ccc(OCC2CCOC2)nc1. The molecule has 2 rings (SSSR count). The summed E-state index contributed by atoms with van der Waals surface area (Å²) < 4.78 is 10.8. The molecule has 1 atom stereocenters. The Morgan fingerprint density at radius 2 is 2.50 bits per heavy atom. The van der Waals surface area contributed by atoms with Crippen LogP contribution < -0.4 is 10.5 Å². The summed E-state index contributed by atoms with van der Waals surface area (Å²) in [4.78, 5) is 4.48. The van der Waals surface area contributed by atoms with Gasteiger partial charge in [0.2, 0.25) is 5.88 Å². The first-order valence-corrected chi connectivity index (χ1v) is 5.63. The molecule has 0 bridgehead atoms. The molecule has 1 fully saturated rings. The van der Waals surface area contributed by atoms with Crippen LogP contribution in [0.4, 0.5) is 0 Å². The van der Waals surface area contributed by atoms with E-state index in [9.17, 15) is 0 Å². The van der Waals surface area contributed by atoms with Crippen molar-refractivity contribution in [3.8, 4) is 5.88 Å². The van der Waals surface area contributed by atoms with Crippen LogP contribution in [0.5, 0.6) is 5.88 Å². The summed E-state index contributed by atoms with van der Waals surface area (Å²) in [5.41, 5.74) is 6.23. The second kappa shape index (κ2) is 5.23. The maximum atomic E-state index is 5.55. The minimum Gasteiger partial charge on any atom is -0.477 e. The van der Waals surface area contributed by atoms with E-state index in [2.05, 4.69) is 4.98 Å². The van der Waals surface area contributed by atoms with Crippen molar-refractivity contribution in [2.75, 3.05) is 19.8 Å². The third kappa shape index (κ3) is 2.90. The van der Waals surface area contributed by atoms with E-state index in [4.69, 9.17) is 27.4 Å². The number of hydrogen-bond acceptors (Lipinski definition) is 4. The molecule has 1 aromatic heterocycles. The molecule has 0 amide bonds. The van der Waals surface area contributed by atoms with Gasteiger partial charge in [0.1, 0.15) is 4.99 Å². The topological polar surface area (TPSA) is 57.4 Å². The molecule has 2 heterocycles. The molecule has 2 N–H and O–H groups in total. The van der Waals surface area contributed by atoms with Gasteiger partial charge in [0, 0.05) is 30.4 Å². The van der Waals surface area contributed by atoms with Crippen molar-refractivity contribution >= 4 is 17.2 Å². The van der Waals surface area contributed by atoms with Gasteiger partial charge in [-0.05, 0) is 12.5 Å². The van der Waals surface area contributed by atoms with E-state index in [1.807, 2.05) is 6.07 Å². The number of aromatic nitrogens is 1. The Balaban J connectivity index is 1.87. The molecule has 4 nitrogen and oxygen atoms in total. The average Bonchev–Trinajstić information content (AvgIpc) is 2.80. The van der Waals surface area contributed by atoms with Crippen LogP contribution in [0.3, 0.4) is 0 Å². The summed E-state index contributed by atoms with van der Waals surface area (Å²) >= 11 is 4.84. The number of thiocarbonyl (C=S) groups is 1. The van der Waals surface area contributed by atoms with Crippen LogP contribution >= 0.6 is 12.2 Å². The highest BCUT2D eigenvalue weighted by molar-refractivity contribution is 7.80. The highest BCUT2D eigenvalue weighted by atomic mass is 32.1. The first kappa shape index (κ1) is 11.3. The van der Waals surface area contributed by atoms with Crippen LogP contribution in [0, 0.1) is 5.92 Å². The summed E-state index contributed by atoms with van der Waals surface area (Å²) in [6, 6.07) is 3.60. The minimum absolute atomic E-state index is 0.350. The van der Waals surface area contributed by atoms with E-state index in [1.165, 1.54) is 0 Å². The molecule has 1 aromatic rings. The fourth-order valence-electron chi connectivity index (χ4n) is 1.53. The lowest BCUT2D eigenvalue weighted by atomic mass is 10.1. The molecule has 1 aliphatic rings. The maximum absolute atomic E-state index is 5.55. The van der Waals surface area contributed by atoms with E-state index in [0.717, 1.165) is 25.2 Å². The first-order valence-electron chi connectivity index (χ1n) is 5.22. The largest absolute Gasteiger partial charge is 0.477 e. The van der Waals surface area contributed by atoms with Crippen LogP contribution in [-0.2, 0) is 4.74 Å². The molecular weight excluding hydrogens is 224 g/mol. The quantitative estimate of drug-likeness (QED) is 0.797. The van der Waals surface area contributed by atoms with E-state index in [1.54, 1.807) is 12.3 Å². The summed E-state index contributed by atoms with van der Waals surface area (Å²) in [5, 5.41) is 0. The van der Waals surface area contributed by atoms with Crippen molar-refractivity contribution in [1.82, 2.24) is 4.98 Å². The van der Waals surface area contributed by atoms with E-state index >= 15 is 0 Å². The van der Waals surface area contributed by atoms with Gasteiger partial charge in [-0.25, -0.2) is 4.98 Å².